The lowest BCUT2D eigenvalue weighted by Gasteiger charge is -2.09. The highest BCUT2D eigenvalue weighted by molar-refractivity contribution is 5.45. The molecule has 72 valence electrons. The fourth-order valence-electron chi connectivity index (χ4n) is 0.985. The average Bonchev–Trinajstić information content (AvgIpc) is 2.16. The maximum absolute atomic E-state index is 10.9. The van der Waals surface area contributed by atoms with E-state index in [9.17, 15) is 9.59 Å². The third-order valence-electron chi connectivity index (χ3n) is 1.77. The Hall–Kier alpha value is -1.32. The van der Waals surface area contributed by atoms with Crippen LogP contribution in [0.3, 0.4) is 0 Å². The molecule has 0 saturated heterocycles. The molecule has 0 radical (unpaired) electrons. The van der Waals surface area contributed by atoms with Crippen LogP contribution in [0.25, 0.3) is 0 Å². The van der Waals surface area contributed by atoms with E-state index in [1.165, 1.54) is 7.11 Å². The summed E-state index contributed by atoms with van der Waals surface area (Å²) >= 11 is 0. The standard InChI is InChI=1S/C9H12O4/c1-3-4-5-13-9-7(11)6(10)8(9)12-2/h3-5H2,1-2H3. The summed E-state index contributed by atoms with van der Waals surface area (Å²) in [6.07, 6.45) is 1.85. The minimum absolute atomic E-state index is 0.0566. The minimum Gasteiger partial charge on any atom is -0.489 e. The first-order valence-electron chi connectivity index (χ1n) is 4.22. The highest BCUT2D eigenvalue weighted by Gasteiger charge is 2.22. The van der Waals surface area contributed by atoms with E-state index in [1.807, 2.05) is 6.92 Å². The van der Waals surface area contributed by atoms with Gasteiger partial charge < -0.3 is 9.47 Å². The summed E-state index contributed by atoms with van der Waals surface area (Å²) in [4.78, 5) is 21.7. The van der Waals surface area contributed by atoms with Crippen LogP contribution < -0.4 is 20.3 Å². The molecule has 0 aliphatic rings. The van der Waals surface area contributed by atoms with Crippen LogP contribution in [0.4, 0.5) is 0 Å². The van der Waals surface area contributed by atoms with Gasteiger partial charge in [-0.25, -0.2) is 0 Å². The van der Waals surface area contributed by atoms with Gasteiger partial charge >= 0.3 is 0 Å². The second kappa shape index (κ2) is 4.07. The maximum Gasteiger partial charge on any atom is 0.275 e. The van der Waals surface area contributed by atoms with Gasteiger partial charge in [-0.3, -0.25) is 9.59 Å². The highest BCUT2D eigenvalue weighted by Crippen LogP contribution is 2.19. The van der Waals surface area contributed by atoms with E-state index in [4.69, 9.17) is 9.47 Å². The van der Waals surface area contributed by atoms with Crippen LogP contribution in [0.2, 0.25) is 0 Å². The lowest BCUT2D eigenvalue weighted by molar-refractivity contribution is 0.277. The zero-order chi connectivity index (χ0) is 9.84. The van der Waals surface area contributed by atoms with Crippen LogP contribution in [0, 0.1) is 0 Å². The highest BCUT2D eigenvalue weighted by atomic mass is 16.5. The third kappa shape index (κ3) is 1.71. The van der Waals surface area contributed by atoms with Gasteiger partial charge in [0.25, 0.3) is 10.9 Å². The molecule has 4 heteroatoms. The van der Waals surface area contributed by atoms with Crippen molar-refractivity contribution in [3.63, 3.8) is 0 Å². The van der Waals surface area contributed by atoms with Crippen LogP contribution in [-0.2, 0) is 0 Å². The molecule has 4 nitrogen and oxygen atoms in total. The summed E-state index contributed by atoms with van der Waals surface area (Å²) in [5, 5.41) is 0. The molecule has 1 aromatic rings. The van der Waals surface area contributed by atoms with Crippen molar-refractivity contribution in [1.82, 2.24) is 0 Å². The van der Waals surface area contributed by atoms with Crippen LogP contribution in [0.1, 0.15) is 19.8 Å². The van der Waals surface area contributed by atoms with Crippen LogP contribution in [0.5, 0.6) is 11.5 Å². The molecule has 1 rings (SSSR count). The molecule has 0 aliphatic heterocycles. The number of hydrogen-bond donors (Lipinski definition) is 0. The first kappa shape index (κ1) is 9.77. The second-order valence-corrected chi connectivity index (χ2v) is 2.72. The zero-order valence-electron chi connectivity index (χ0n) is 7.75. The quantitative estimate of drug-likeness (QED) is 0.493. The summed E-state index contributed by atoms with van der Waals surface area (Å²) < 4.78 is 9.79. The van der Waals surface area contributed by atoms with Crippen LogP contribution in [0.15, 0.2) is 9.59 Å². The fourth-order valence-corrected chi connectivity index (χ4v) is 0.985. The SMILES string of the molecule is CCCCOc1c(OC)c(=O)c1=O. The van der Waals surface area contributed by atoms with Gasteiger partial charge in [0.15, 0.2) is 0 Å². The predicted molar refractivity (Wildman–Crippen MR) is 48.3 cm³/mol. The Bertz CT molecular complexity index is 346. The summed E-state index contributed by atoms with van der Waals surface area (Å²) in [7, 11) is 1.35. The van der Waals surface area contributed by atoms with Crippen molar-refractivity contribution in [2.75, 3.05) is 13.7 Å². The Labute approximate surface area is 75.8 Å². The molecule has 0 amide bonds. The number of rotatable bonds is 5. The Morgan fingerprint density at radius 2 is 1.77 bits per heavy atom. The van der Waals surface area contributed by atoms with Crippen molar-refractivity contribution < 1.29 is 9.47 Å². The first-order chi connectivity index (χ1) is 6.22. The monoisotopic (exact) mass is 184 g/mol. The molecule has 13 heavy (non-hydrogen) atoms. The van der Waals surface area contributed by atoms with E-state index in [2.05, 4.69) is 0 Å². The molecule has 0 N–H and O–H groups in total. The van der Waals surface area contributed by atoms with Crippen molar-refractivity contribution in [3.8, 4) is 11.5 Å². The molecule has 0 saturated carbocycles. The topological polar surface area (TPSA) is 52.6 Å². The molecule has 0 bridgehead atoms. The van der Waals surface area contributed by atoms with Crippen molar-refractivity contribution in [2.45, 2.75) is 19.8 Å². The molecule has 0 atom stereocenters. The minimum atomic E-state index is -0.589. The van der Waals surface area contributed by atoms with Gasteiger partial charge in [-0.1, -0.05) is 13.3 Å². The predicted octanol–water partition coefficient (Wildman–Crippen LogP) is 0.470. The number of methoxy groups -OCH3 is 1. The van der Waals surface area contributed by atoms with E-state index < -0.39 is 10.9 Å². The van der Waals surface area contributed by atoms with Crippen molar-refractivity contribution in [2.24, 2.45) is 0 Å². The number of hydrogen-bond acceptors (Lipinski definition) is 4. The van der Waals surface area contributed by atoms with Crippen molar-refractivity contribution in [1.29, 1.82) is 0 Å². The maximum atomic E-state index is 10.9. The Morgan fingerprint density at radius 3 is 2.31 bits per heavy atom. The van der Waals surface area contributed by atoms with Gasteiger partial charge in [0, 0.05) is 0 Å². The first-order valence-corrected chi connectivity index (χ1v) is 4.22. The van der Waals surface area contributed by atoms with Gasteiger partial charge in [-0.05, 0) is 6.42 Å². The third-order valence-corrected chi connectivity index (χ3v) is 1.77. The lowest BCUT2D eigenvalue weighted by Crippen LogP contribution is -2.33. The summed E-state index contributed by atoms with van der Waals surface area (Å²) in [6, 6.07) is 0. The average molecular weight is 184 g/mol. The zero-order valence-corrected chi connectivity index (χ0v) is 7.75. The Morgan fingerprint density at radius 1 is 1.15 bits per heavy atom. The lowest BCUT2D eigenvalue weighted by atomic mass is 10.2. The molecule has 0 spiro atoms. The van der Waals surface area contributed by atoms with E-state index in [1.54, 1.807) is 0 Å². The Balaban J connectivity index is 2.62. The molecule has 0 fully saturated rings. The van der Waals surface area contributed by atoms with Crippen molar-refractivity contribution in [3.05, 3.63) is 20.4 Å². The van der Waals surface area contributed by atoms with Gasteiger partial charge in [0.1, 0.15) is 0 Å². The molecule has 1 aromatic carbocycles. The Kier molecular flexibility index (Phi) is 3.06. The normalized spacial score (nSPS) is 10.3. The molecular weight excluding hydrogens is 172 g/mol. The molecular formula is C9H12O4. The van der Waals surface area contributed by atoms with E-state index in [0.717, 1.165) is 12.8 Å². The fraction of sp³-hybridized carbons (Fsp3) is 0.556. The molecule has 0 heterocycles. The summed E-state index contributed by atoms with van der Waals surface area (Å²) in [5.41, 5.74) is -1.16. The van der Waals surface area contributed by atoms with E-state index >= 15 is 0 Å². The largest absolute Gasteiger partial charge is 0.489 e. The van der Waals surface area contributed by atoms with Crippen LogP contribution in [-0.4, -0.2) is 13.7 Å². The van der Waals surface area contributed by atoms with Gasteiger partial charge in [-0.2, -0.15) is 0 Å². The van der Waals surface area contributed by atoms with E-state index in [-0.39, 0.29) is 11.5 Å². The number of ether oxygens (including phenoxy) is 2. The van der Waals surface area contributed by atoms with E-state index in [0.29, 0.717) is 6.61 Å². The molecule has 0 unspecified atom stereocenters. The molecule has 0 aromatic heterocycles. The second-order valence-electron chi connectivity index (χ2n) is 2.72. The summed E-state index contributed by atoms with van der Waals surface area (Å²) in [6.45, 7) is 2.47. The van der Waals surface area contributed by atoms with Crippen molar-refractivity contribution >= 4 is 0 Å². The van der Waals surface area contributed by atoms with Gasteiger partial charge in [-0.15, -0.1) is 0 Å². The summed E-state index contributed by atoms with van der Waals surface area (Å²) in [5.74, 6) is 0.141. The van der Waals surface area contributed by atoms with Gasteiger partial charge in [0.2, 0.25) is 11.5 Å². The van der Waals surface area contributed by atoms with Crippen LogP contribution >= 0.6 is 0 Å². The van der Waals surface area contributed by atoms with Gasteiger partial charge in [0.05, 0.1) is 13.7 Å². The smallest absolute Gasteiger partial charge is 0.275 e. The number of unbranched alkanes of at least 4 members (excludes halogenated alkanes) is 1. The molecule has 0 aliphatic carbocycles.